The van der Waals surface area contributed by atoms with Crippen molar-refractivity contribution in [3.63, 3.8) is 0 Å². The Hall–Kier alpha value is -3.76. The summed E-state index contributed by atoms with van der Waals surface area (Å²) in [7, 11) is 0. The van der Waals surface area contributed by atoms with Gasteiger partial charge in [-0.05, 0) is 25.0 Å². The lowest BCUT2D eigenvalue weighted by Gasteiger charge is -2.06. The van der Waals surface area contributed by atoms with E-state index in [1.807, 2.05) is 6.07 Å². The number of H-pyrrole nitrogens is 1. The molecule has 3 heterocycles. The molecule has 0 spiro atoms. The summed E-state index contributed by atoms with van der Waals surface area (Å²) in [5.74, 6) is 0.314. The highest BCUT2D eigenvalue weighted by Gasteiger charge is 2.30. The molecule has 11 heteroatoms. The van der Waals surface area contributed by atoms with Crippen LogP contribution < -0.4 is 22.3 Å². The third-order valence-electron chi connectivity index (χ3n) is 4.82. The SMILES string of the molecule is O=C(CCn1ccc(=O)[nH]c1=O)NCCn1nc(-c2cccnc2)n(C2CC2)c1=O. The lowest BCUT2D eigenvalue weighted by atomic mass is 10.3. The van der Waals surface area contributed by atoms with E-state index in [0.717, 1.165) is 18.4 Å². The van der Waals surface area contributed by atoms with E-state index in [1.54, 1.807) is 23.0 Å². The van der Waals surface area contributed by atoms with Gasteiger partial charge in [0.2, 0.25) is 5.91 Å². The zero-order chi connectivity index (χ0) is 21.1. The van der Waals surface area contributed by atoms with Crippen LogP contribution in [0.4, 0.5) is 0 Å². The van der Waals surface area contributed by atoms with E-state index in [-0.39, 0.29) is 43.7 Å². The first kappa shape index (κ1) is 19.6. The fourth-order valence-corrected chi connectivity index (χ4v) is 3.15. The van der Waals surface area contributed by atoms with Crippen molar-refractivity contribution in [2.75, 3.05) is 6.54 Å². The molecule has 0 radical (unpaired) electrons. The summed E-state index contributed by atoms with van der Waals surface area (Å²) in [6.07, 6.45) is 6.64. The molecular formula is C19H21N7O4. The van der Waals surface area contributed by atoms with Crippen molar-refractivity contribution in [3.05, 3.63) is 68.1 Å². The zero-order valence-electron chi connectivity index (χ0n) is 16.2. The fourth-order valence-electron chi connectivity index (χ4n) is 3.15. The van der Waals surface area contributed by atoms with Crippen LogP contribution in [-0.4, -0.2) is 41.3 Å². The molecule has 11 nitrogen and oxygen atoms in total. The lowest BCUT2D eigenvalue weighted by molar-refractivity contribution is -0.121. The summed E-state index contributed by atoms with van der Waals surface area (Å²) in [6, 6.07) is 5.04. The summed E-state index contributed by atoms with van der Waals surface area (Å²) in [6.45, 7) is 0.604. The highest BCUT2D eigenvalue weighted by Crippen LogP contribution is 2.36. The van der Waals surface area contributed by atoms with Gasteiger partial charge >= 0.3 is 11.4 Å². The number of aromatic amines is 1. The summed E-state index contributed by atoms with van der Waals surface area (Å²) in [5.41, 5.74) is -0.473. The second-order valence-corrected chi connectivity index (χ2v) is 7.08. The van der Waals surface area contributed by atoms with Crippen LogP contribution in [0, 0.1) is 0 Å². The number of nitrogens with zero attached hydrogens (tertiary/aromatic N) is 5. The number of hydrogen-bond acceptors (Lipinski definition) is 6. The second-order valence-electron chi connectivity index (χ2n) is 7.08. The van der Waals surface area contributed by atoms with Gasteiger partial charge in [0.15, 0.2) is 5.82 Å². The Kier molecular flexibility index (Phi) is 5.42. The summed E-state index contributed by atoms with van der Waals surface area (Å²) in [5, 5.41) is 7.17. The van der Waals surface area contributed by atoms with E-state index < -0.39 is 11.2 Å². The van der Waals surface area contributed by atoms with Gasteiger partial charge in [-0.15, -0.1) is 5.10 Å². The van der Waals surface area contributed by atoms with Crippen LogP contribution in [0.15, 0.2) is 51.2 Å². The second kappa shape index (κ2) is 8.31. The molecule has 1 amide bonds. The van der Waals surface area contributed by atoms with Gasteiger partial charge in [-0.25, -0.2) is 14.3 Å². The molecule has 0 aliphatic heterocycles. The van der Waals surface area contributed by atoms with Crippen molar-refractivity contribution in [1.29, 1.82) is 0 Å². The lowest BCUT2D eigenvalue weighted by Crippen LogP contribution is -2.34. The van der Waals surface area contributed by atoms with E-state index in [9.17, 15) is 19.2 Å². The van der Waals surface area contributed by atoms with Crippen LogP contribution in [0.5, 0.6) is 0 Å². The number of nitrogens with one attached hydrogen (secondary N) is 2. The minimum Gasteiger partial charge on any atom is -0.354 e. The Morgan fingerprint density at radius 2 is 2.03 bits per heavy atom. The molecule has 0 atom stereocenters. The number of amides is 1. The van der Waals surface area contributed by atoms with Crippen molar-refractivity contribution >= 4 is 5.91 Å². The molecule has 1 aliphatic carbocycles. The standard InChI is InChI=1S/C19H21N7O4/c27-15(5-9-24-10-6-16(28)22-18(24)29)21-8-11-25-19(30)26(14-3-4-14)17(23-25)13-2-1-7-20-12-13/h1-2,6-7,10,12,14H,3-5,8-9,11H2,(H,21,27)(H,22,28,29). The van der Waals surface area contributed by atoms with E-state index in [4.69, 9.17) is 0 Å². The maximum Gasteiger partial charge on any atom is 0.346 e. The van der Waals surface area contributed by atoms with Gasteiger partial charge in [-0.3, -0.25) is 24.1 Å². The molecule has 0 bridgehead atoms. The van der Waals surface area contributed by atoms with Gasteiger partial charge in [0, 0.05) is 55.8 Å². The molecule has 0 saturated heterocycles. The number of pyridine rings is 1. The van der Waals surface area contributed by atoms with Crippen molar-refractivity contribution in [1.82, 2.24) is 34.2 Å². The molecule has 1 fully saturated rings. The summed E-state index contributed by atoms with van der Waals surface area (Å²) < 4.78 is 4.30. The van der Waals surface area contributed by atoms with Crippen molar-refractivity contribution in [2.45, 2.75) is 38.4 Å². The minimum absolute atomic E-state index is 0.0678. The van der Waals surface area contributed by atoms with Crippen LogP contribution in [0.3, 0.4) is 0 Å². The van der Waals surface area contributed by atoms with Crippen molar-refractivity contribution < 1.29 is 4.79 Å². The molecule has 4 rings (SSSR count). The average Bonchev–Trinajstić information content (AvgIpc) is 3.52. The van der Waals surface area contributed by atoms with Crippen molar-refractivity contribution in [2.24, 2.45) is 0 Å². The van der Waals surface area contributed by atoms with E-state index >= 15 is 0 Å². The number of carbonyl (C=O) groups excluding carboxylic acids is 1. The normalized spacial score (nSPS) is 13.3. The molecular weight excluding hydrogens is 390 g/mol. The first-order chi connectivity index (χ1) is 14.5. The zero-order valence-corrected chi connectivity index (χ0v) is 16.2. The quantitative estimate of drug-likeness (QED) is 0.513. The topological polar surface area (TPSA) is 137 Å². The van der Waals surface area contributed by atoms with Crippen LogP contribution in [0.1, 0.15) is 25.3 Å². The summed E-state index contributed by atoms with van der Waals surface area (Å²) >= 11 is 0. The van der Waals surface area contributed by atoms with Crippen molar-refractivity contribution in [3.8, 4) is 11.4 Å². The Labute approximate surface area is 170 Å². The predicted octanol–water partition coefficient (Wildman–Crippen LogP) is -0.502. The van der Waals surface area contributed by atoms with Gasteiger partial charge in [0.1, 0.15) is 0 Å². The first-order valence-electron chi connectivity index (χ1n) is 9.69. The molecule has 1 saturated carbocycles. The smallest absolute Gasteiger partial charge is 0.346 e. The monoisotopic (exact) mass is 411 g/mol. The number of carbonyl (C=O) groups is 1. The number of aromatic nitrogens is 6. The molecule has 2 N–H and O–H groups in total. The molecule has 0 unspecified atom stereocenters. The predicted molar refractivity (Wildman–Crippen MR) is 107 cm³/mol. The highest BCUT2D eigenvalue weighted by molar-refractivity contribution is 5.75. The molecule has 1 aliphatic rings. The molecule has 0 aromatic carbocycles. The molecule has 156 valence electrons. The van der Waals surface area contributed by atoms with Gasteiger partial charge in [-0.1, -0.05) is 0 Å². The Morgan fingerprint density at radius 3 is 2.73 bits per heavy atom. The van der Waals surface area contributed by atoms with Crippen LogP contribution in [-0.2, 0) is 17.9 Å². The van der Waals surface area contributed by atoms with Gasteiger partial charge in [0.05, 0.1) is 6.54 Å². The van der Waals surface area contributed by atoms with E-state index in [0.29, 0.717) is 5.82 Å². The van der Waals surface area contributed by atoms with Gasteiger partial charge < -0.3 is 9.88 Å². The Balaban J connectivity index is 1.37. The third-order valence-corrected chi connectivity index (χ3v) is 4.82. The van der Waals surface area contributed by atoms with E-state index in [1.165, 1.54) is 21.5 Å². The molecule has 30 heavy (non-hydrogen) atoms. The average molecular weight is 411 g/mol. The third kappa shape index (κ3) is 4.29. The highest BCUT2D eigenvalue weighted by atomic mass is 16.2. The molecule has 3 aromatic rings. The Bertz CT molecular complexity index is 1220. The van der Waals surface area contributed by atoms with Crippen LogP contribution >= 0.6 is 0 Å². The fraction of sp³-hybridized carbons (Fsp3) is 0.368. The number of rotatable bonds is 8. The van der Waals surface area contributed by atoms with E-state index in [2.05, 4.69) is 20.4 Å². The maximum absolute atomic E-state index is 12.8. The number of aryl methyl sites for hydroxylation is 1. The first-order valence-corrected chi connectivity index (χ1v) is 9.69. The minimum atomic E-state index is -0.560. The van der Waals surface area contributed by atoms with Crippen LogP contribution in [0.2, 0.25) is 0 Å². The Morgan fingerprint density at radius 1 is 1.20 bits per heavy atom. The van der Waals surface area contributed by atoms with Gasteiger partial charge in [-0.2, -0.15) is 0 Å². The van der Waals surface area contributed by atoms with Crippen LogP contribution in [0.25, 0.3) is 11.4 Å². The van der Waals surface area contributed by atoms with Gasteiger partial charge in [0.25, 0.3) is 5.56 Å². The maximum atomic E-state index is 12.8. The molecule has 3 aromatic heterocycles. The summed E-state index contributed by atoms with van der Waals surface area (Å²) in [4.78, 5) is 53.7. The number of hydrogen-bond donors (Lipinski definition) is 2. The largest absolute Gasteiger partial charge is 0.354 e.